The summed E-state index contributed by atoms with van der Waals surface area (Å²) in [5.41, 5.74) is 0. The van der Waals surface area contributed by atoms with Crippen molar-refractivity contribution in [2.45, 2.75) is 6.92 Å². The van der Waals surface area contributed by atoms with Crippen LogP contribution in [-0.2, 0) is 10.4 Å². The fourth-order valence-electron chi connectivity index (χ4n) is 0. The van der Waals surface area contributed by atoms with E-state index in [1.54, 1.807) is 6.08 Å². The van der Waals surface area contributed by atoms with Gasteiger partial charge in [-0.25, -0.2) is 0 Å². The lowest BCUT2D eigenvalue weighted by Gasteiger charge is -1.68. The highest BCUT2D eigenvalue weighted by Gasteiger charge is 1.84. The van der Waals surface area contributed by atoms with Crippen molar-refractivity contribution < 1.29 is 17.5 Å². The molecule has 0 bridgehead atoms. The summed E-state index contributed by atoms with van der Waals surface area (Å²) in [4.78, 5) is 0. The zero-order valence-electron chi connectivity index (χ0n) is 4.40. The van der Waals surface area contributed by atoms with Gasteiger partial charge in [-0.2, -0.15) is 8.42 Å². The van der Waals surface area contributed by atoms with Crippen molar-refractivity contribution in [3.63, 3.8) is 0 Å². The minimum atomic E-state index is -4.67. The molecule has 0 heterocycles. The zero-order valence-corrected chi connectivity index (χ0v) is 5.22. The third-order valence-electron chi connectivity index (χ3n) is 0. The minimum Gasteiger partial charge on any atom is -0.264 e. The summed E-state index contributed by atoms with van der Waals surface area (Å²) in [7, 11) is -4.67. The Morgan fingerprint density at radius 1 is 1.50 bits per heavy atom. The largest absolute Gasteiger partial charge is 0.394 e. The van der Waals surface area contributed by atoms with E-state index in [1.807, 2.05) is 6.92 Å². The molecule has 0 amide bonds. The maximum absolute atomic E-state index is 8.74. The maximum Gasteiger partial charge on any atom is 0.394 e. The lowest BCUT2D eigenvalue weighted by molar-refractivity contribution is 0.381. The molecule has 0 fully saturated rings. The first-order chi connectivity index (χ1) is 3.41. The average Bonchev–Trinajstić information content (AvgIpc) is 1.27. The molecule has 0 aliphatic heterocycles. The third-order valence-corrected chi connectivity index (χ3v) is 0. The first-order valence-corrected chi connectivity index (χ1v) is 3.08. The van der Waals surface area contributed by atoms with Gasteiger partial charge < -0.3 is 0 Å². The summed E-state index contributed by atoms with van der Waals surface area (Å²) in [6.45, 7) is 5.25. The Morgan fingerprint density at radius 2 is 1.50 bits per heavy atom. The second kappa shape index (κ2) is 4.76. The average molecular weight is 140 g/mol. The van der Waals surface area contributed by atoms with Gasteiger partial charge in [0, 0.05) is 0 Å². The van der Waals surface area contributed by atoms with Gasteiger partial charge in [-0.3, -0.25) is 9.11 Å². The quantitative estimate of drug-likeness (QED) is 0.380. The molecule has 0 aliphatic rings. The molecule has 0 saturated heterocycles. The molecule has 0 aromatic rings. The third kappa shape index (κ3) is 784. The Balaban J connectivity index is 0. The van der Waals surface area contributed by atoms with E-state index >= 15 is 0 Å². The summed E-state index contributed by atoms with van der Waals surface area (Å²) in [5, 5.41) is 0. The Labute approximate surface area is 48.4 Å². The topological polar surface area (TPSA) is 74.6 Å². The smallest absolute Gasteiger partial charge is 0.264 e. The van der Waals surface area contributed by atoms with Crippen LogP contribution in [0.25, 0.3) is 0 Å². The van der Waals surface area contributed by atoms with Crippen molar-refractivity contribution in [1.82, 2.24) is 0 Å². The monoisotopic (exact) mass is 140 g/mol. The second-order valence-electron chi connectivity index (χ2n) is 0.856. The molecule has 2 N–H and O–H groups in total. The molecule has 0 spiro atoms. The van der Waals surface area contributed by atoms with E-state index in [2.05, 4.69) is 6.58 Å². The Hall–Kier alpha value is -0.390. The molecule has 0 aliphatic carbocycles. The zero-order chi connectivity index (χ0) is 7.21. The van der Waals surface area contributed by atoms with E-state index in [1.165, 1.54) is 0 Å². The van der Waals surface area contributed by atoms with Crippen LogP contribution in [0.15, 0.2) is 12.7 Å². The van der Waals surface area contributed by atoms with Gasteiger partial charge in [-0.1, -0.05) is 6.08 Å². The number of hydrogen-bond acceptors (Lipinski definition) is 2. The molecule has 0 aromatic heterocycles. The van der Waals surface area contributed by atoms with E-state index in [-0.39, 0.29) is 0 Å². The number of rotatable bonds is 0. The number of allylic oxidation sites excluding steroid dienone is 1. The minimum absolute atomic E-state index is 1.75. The summed E-state index contributed by atoms with van der Waals surface area (Å²) in [6, 6.07) is 0. The van der Waals surface area contributed by atoms with Crippen molar-refractivity contribution >= 4 is 10.4 Å². The molecule has 0 atom stereocenters. The van der Waals surface area contributed by atoms with Gasteiger partial charge in [0.1, 0.15) is 0 Å². The van der Waals surface area contributed by atoms with E-state index in [9.17, 15) is 0 Å². The van der Waals surface area contributed by atoms with Crippen LogP contribution in [0.1, 0.15) is 6.92 Å². The second-order valence-corrected chi connectivity index (χ2v) is 1.75. The standard InChI is InChI=1S/C3H6.H2O4S/c1-3-2;1-5(2,3)4/h3H,1H2,2H3;(H2,1,2,3,4). The van der Waals surface area contributed by atoms with Crippen molar-refractivity contribution in [2.24, 2.45) is 0 Å². The van der Waals surface area contributed by atoms with Gasteiger partial charge in [0.15, 0.2) is 0 Å². The van der Waals surface area contributed by atoms with Gasteiger partial charge in [-0.05, 0) is 6.92 Å². The van der Waals surface area contributed by atoms with Crippen LogP contribution in [0, 0.1) is 0 Å². The maximum atomic E-state index is 8.74. The van der Waals surface area contributed by atoms with Crippen molar-refractivity contribution in [2.75, 3.05) is 0 Å². The lowest BCUT2D eigenvalue weighted by Crippen LogP contribution is -1.89. The van der Waals surface area contributed by atoms with E-state index < -0.39 is 10.4 Å². The summed E-state index contributed by atoms with van der Waals surface area (Å²) in [6.07, 6.45) is 1.75. The normalized spacial score (nSPS) is 8.88. The highest BCUT2D eigenvalue weighted by Crippen LogP contribution is 1.59. The predicted octanol–water partition coefficient (Wildman–Crippen LogP) is 0.539. The first kappa shape index (κ1) is 10.6. The van der Waals surface area contributed by atoms with Gasteiger partial charge in [0.2, 0.25) is 0 Å². The van der Waals surface area contributed by atoms with Gasteiger partial charge in [0.05, 0.1) is 0 Å². The van der Waals surface area contributed by atoms with Crippen LogP contribution >= 0.6 is 0 Å². The van der Waals surface area contributed by atoms with Crippen LogP contribution in [0.3, 0.4) is 0 Å². The molecule has 5 heteroatoms. The summed E-state index contributed by atoms with van der Waals surface area (Å²) >= 11 is 0. The summed E-state index contributed by atoms with van der Waals surface area (Å²) < 4.78 is 31.6. The van der Waals surface area contributed by atoms with E-state index in [4.69, 9.17) is 17.5 Å². The van der Waals surface area contributed by atoms with Gasteiger partial charge in [0.25, 0.3) is 0 Å². The van der Waals surface area contributed by atoms with E-state index in [0.29, 0.717) is 0 Å². The molecular formula is C3H8O4S. The van der Waals surface area contributed by atoms with Gasteiger partial charge >= 0.3 is 10.4 Å². The highest BCUT2D eigenvalue weighted by molar-refractivity contribution is 7.79. The van der Waals surface area contributed by atoms with Gasteiger partial charge in [-0.15, -0.1) is 6.58 Å². The molecule has 0 radical (unpaired) electrons. The summed E-state index contributed by atoms with van der Waals surface area (Å²) in [5.74, 6) is 0. The van der Waals surface area contributed by atoms with Crippen molar-refractivity contribution in [3.05, 3.63) is 12.7 Å². The molecule has 0 rings (SSSR count). The fraction of sp³-hybridized carbons (Fsp3) is 0.333. The van der Waals surface area contributed by atoms with Crippen LogP contribution in [-0.4, -0.2) is 17.5 Å². The predicted molar refractivity (Wildman–Crippen MR) is 30.0 cm³/mol. The highest BCUT2D eigenvalue weighted by atomic mass is 32.3. The number of hydrogen-bond donors (Lipinski definition) is 2. The van der Waals surface area contributed by atoms with E-state index in [0.717, 1.165) is 0 Å². The lowest BCUT2D eigenvalue weighted by atomic mass is 10.8. The van der Waals surface area contributed by atoms with Crippen LogP contribution in [0.4, 0.5) is 0 Å². The fourth-order valence-corrected chi connectivity index (χ4v) is 0. The molecule has 4 nitrogen and oxygen atoms in total. The molecular weight excluding hydrogens is 132 g/mol. The Morgan fingerprint density at radius 3 is 1.50 bits per heavy atom. The Kier molecular flexibility index (Phi) is 6.29. The molecule has 0 saturated carbocycles. The van der Waals surface area contributed by atoms with Crippen LogP contribution in [0.2, 0.25) is 0 Å². The molecule has 8 heavy (non-hydrogen) atoms. The molecule has 50 valence electrons. The van der Waals surface area contributed by atoms with Crippen molar-refractivity contribution in [1.29, 1.82) is 0 Å². The van der Waals surface area contributed by atoms with Crippen LogP contribution in [0.5, 0.6) is 0 Å². The molecule has 0 aromatic carbocycles. The van der Waals surface area contributed by atoms with Crippen molar-refractivity contribution in [3.8, 4) is 0 Å². The SMILES string of the molecule is C=CC.O=S(=O)(O)O. The van der Waals surface area contributed by atoms with Crippen LogP contribution < -0.4 is 0 Å². The first-order valence-electron chi connectivity index (χ1n) is 1.68. The Bertz CT molecular complexity index is 125. The molecule has 0 unspecified atom stereocenters.